The fourth-order valence-electron chi connectivity index (χ4n) is 1.94. The molecule has 1 N–H and O–H groups in total. The summed E-state index contributed by atoms with van der Waals surface area (Å²) in [5.41, 5.74) is 11.1. The summed E-state index contributed by atoms with van der Waals surface area (Å²) >= 11 is 0. The first kappa shape index (κ1) is 12.5. The van der Waals surface area contributed by atoms with Crippen LogP contribution in [0.1, 0.15) is 18.1 Å². The Morgan fingerprint density at radius 3 is 2.93 bits per heavy atom. The number of benzene rings is 1. The van der Waals surface area contributed by atoms with Gasteiger partial charge in [0.1, 0.15) is 0 Å². The predicted octanol–water partition coefficient (Wildman–Crippen LogP) is 2.75. The van der Waals surface area contributed by atoms with Crippen LogP contribution in [-0.4, -0.2) is 18.0 Å². The van der Waals surface area contributed by atoms with Gasteiger partial charge in [-0.15, -0.1) is 5.69 Å². The molecule has 1 aliphatic rings. The number of nitrogens with one attached hydrogen (secondary N) is 1. The van der Waals surface area contributed by atoms with Crippen molar-refractivity contribution in [3.05, 3.63) is 35.1 Å². The topological polar surface area (TPSA) is 27.0 Å². The Labute approximate surface area is 121 Å². The summed E-state index contributed by atoms with van der Waals surface area (Å²) in [6, 6.07) is 6.02. The van der Waals surface area contributed by atoms with E-state index in [2.05, 4.69) is 17.9 Å². The number of hydrogen-bond acceptors (Lipinski definition) is 1. The summed E-state index contributed by atoms with van der Waals surface area (Å²) in [6.07, 6.45) is 1.04. The molecule has 0 unspecified atom stereocenters. The zero-order valence-corrected chi connectivity index (χ0v) is 13.3. The molecule has 0 amide bonds. The Morgan fingerprint density at radius 1 is 1.43 bits per heavy atom. The van der Waals surface area contributed by atoms with Crippen molar-refractivity contribution in [3.63, 3.8) is 0 Å². The van der Waals surface area contributed by atoms with Crippen molar-refractivity contribution in [1.82, 2.24) is 4.90 Å². The summed E-state index contributed by atoms with van der Waals surface area (Å²) in [7, 11) is 0. The minimum absolute atomic E-state index is 0. The van der Waals surface area contributed by atoms with Crippen molar-refractivity contribution in [1.29, 1.82) is 0 Å². The maximum atomic E-state index is 7.75. The van der Waals surface area contributed by atoms with Gasteiger partial charge in [0.05, 0.1) is 0 Å². The van der Waals surface area contributed by atoms with Gasteiger partial charge in [-0.1, -0.05) is 30.7 Å². The van der Waals surface area contributed by atoms with Crippen LogP contribution in [0.3, 0.4) is 0 Å². The van der Waals surface area contributed by atoms with Gasteiger partial charge in [0.2, 0.25) is 0 Å². The van der Waals surface area contributed by atoms with Gasteiger partial charge in [0.15, 0.2) is 0 Å². The molecule has 2 rings (SSSR count). The summed E-state index contributed by atoms with van der Waals surface area (Å²) in [4.78, 5) is 2.42. The molecule has 1 aliphatic heterocycles. The molecule has 73 valence electrons. The van der Waals surface area contributed by atoms with E-state index in [-0.39, 0.29) is 44.1 Å². The second kappa shape index (κ2) is 5.49. The number of likely N-dealkylation sites (N-methyl/N-ethyl adjacent to an activating group) is 1. The minimum Gasteiger partial charge on any atom is -0.698 e. The largest absolute Gasteiger partial charge is 0.698 e. The Bertz CT molecular complexity index is 312. The van der Waals surface area contributed by atoms with Gasteiger partial charge in [-0.2, -0.15) is 0 Å². The van der Waals surface area contributed by atoms with E-state index in [9.17, 15) is 0 Å². The second-order valence-corrected chi connectivity index (χ2v) is 3.56. The van der Waals surface area contributed by atoms with Gasteiger partial charge < -0.3 is 5.73 Å². The Hall–Kier alpha value is 0.422. The van der Waals surface area contributed by atoms with Crippen LogP contribution in [-0.2, 0) is 13.0 Å². The van der Waals surface area contributed by atoms with E-state index in [1.165, 1.54) is 11.1 Å². The monoisotopic (exact) mass is 402 g/mol. The molecule has 0 bridgehead atoms. The Morgan fingerprint density at radius 2 is 2.21 bits per heavy atom. The molecule has 0 atom stereocenters. The van der Waals surface area contributed by atoms with Crippen molar-refractivity contribution in [2.24, 2.45) is 0 Å². The van der Waals surface area contributed by atoms with Crippen LogP contribution in [0.2, 0.25) is 0 Å². The van der Waals surface area contributed by atoms with E-state index < -0.39 is 0 Å². The summed E-state index contributed by atoms with van der Waals surface area (Å²) in [5, 5.41) is 0. The first-order chi connectivity index (χ1) is 6.31. The number of hydrogen-bond donors (Lipinski definition) is 0. The molecule has 3 heteroatoms. The first-order valence-corrected chi connectivity index (χ1v) is 4.86. The molecule has 1 radical (unpaired) electrons. The summed E-state index contributed by atoms with van der Waals surface area (Å²) in [6.45, 7) is 5.44. The zero-order chi connectivity index (χ0) is 9.26. The second-order valence-electron chi connectivity index (χ2n) is 3.56. The van der Waals surface area contributed by atoms with Crippen LogP contribution in [0.4, 0.5) is 5.69 Å². The molecule has 2 nitrogen and oxygen atoms in total. The molecule has 1 aromatic carbocycles. The number of nitrogens with zero attached hydrogens (tertiary/aromatic N) is 1. The molecule has 0 fully saturated rings. The maximum Gasteiger partial charge on any atom is 0.0236 e. The van der Waals surface area contributed by atoms with Crippen LogP contribution >= 0.6 is 0 Å². The van der Waals surface area contributed by atoms with Gasteiger partial charge in [0, 0.05) is 57.2 Å². The number of fused-ring (bicyclic) bond motifs is 1. The van der Waals surface area contributed by atoms with Crippen molar-refractivity contribution in [3.8, 4) is 0 Å². The van der Waals surface area contributed by atoms with Gasteiger partial charge in [0.25, 0.3) is 0 Å². The van der Waals surface area contributed by atoms with E-state index in [0.29, 0.717) is 5.69 Å². The predicted molar refractivity (Wildman–Crippen MR) is 55.1 cm³/mol. The molecule has 0 aromatic heterocycles. The Kier molecular flexibility index (Phi) is 4.90. The van der Waals surface area contributed by atoms with Crippen LogP contribution in [0, 0.1) is 44.1 Å². The van der Waals surface area contributed by atoms with Gasteiger partial charge in [-0.3, -0.25) is 4.90 Å². The molecule has 1 aromatic rings. The molecule has 0 saturated carbocycles. The van der Waals surface area contributed by atoms with Crippen LogP contribution in [0.25, 0.3) is 5.73 Å². The fraction of sp³-hybridized carbons (Fsp3) is 0.455. The molecule has 0 aliphatic carbocycles. The van der Waals surface area contributed by atoms with Crippen LogP contribution in [0.5, 0.6) is 0 Å². The molecule has 0 spiro atoms. The van der Waals surface area contributed by atoms with E-state index in [0.717, 1.165) is 26.1 Å². The number of rotatable bonds is 1. The zero-order valence-electron chi connectivity index (χ0n) is 8.59. The average Bonchev–Trinajstić information content (AvgIpc) is 2.18. The minimum atomic E-state index is 0. The molecule has 0 saturated heterocycles. The molecular weight excluding hydrogens is 387 g/mol. The van der Waals surface area contributed by atoms with E-state index >= 15 is 0 Å². The normalized spacial score (nSPS) is 15.8. The van der Waals surface area contributed by atoms with E-state index in [1.54, 1.807) is 0 Å². The fourth-order valence-corrected chi connectivity index (χ4v) is 1.94. The van der Waals surface area contributed by atoms with Crippen LogP contribution in [0.15, 0.2) is 18.2 Å². The van der Waals surface area contributed by atoms with Gasteiger partial charge in [-0.05, 0) is 18.5 Å². The third-order valence-electron chi connectivity index (χ3n) is 2.79. The van der Waals surface area contributed by atoms with E-state index in [1.807, 2.05) is 12.1 Å². The molecule has 14 heavy (non-hydrogen) atoms. The first-order valence-electron chi connectivity index (χ1n) is 4.86. The van der Waals surface area contributed by atoms with Gasteiger partial charge >= 0.3 is 0 Å². The van der Waals surface area contributed by atoms with Crippen molar-refractivity contribution < 1.29 is 44.1 Å². The quantitative estimate of drug-likeness (QED) is 0.710. The molecule has 1 heterocycles. The SMILES string of the molecule is CCN1CCc2c([NH-])cccc2C1.[Ac]. The third kappa shape index (κ3) is 2.51. The van der Waals surface area contributed by atoms with Gasteiger partial charge in [-0.25, -0.2) is 0 Å². The standard InChI is InChI=1S/C11H15N2.Ac/c1-2-13-7-6-10-9(8-13)4-3-5-11(10)12;/h3-5,12H,2,6-8H2,1H3;/q-1;. The van der Waals surface area contributed by atoms with Crippen molar-refractivity contribution in [2.45, 2.75) is 19.9 Å². The van der Waals surface area contributed by atoms with Crippen molar-refractivity contribution in [2.75, 3.05) is 13.1 Å². The Balaban J connectivity index is 0.000000980. The summed E-state index contributed by atoms with van der Waals surface area (Å²) < 4.78 is 0. The van der Waals surface area contributed by atoms with Crippen LogP contribution < -0.4 is 0 Å². The van der Waals surface area contributed by atoms with Crippen molar-refractivity contribution >= 4 is 5.69 Å². The maximum absolute atomic E-state index is 7.75. The smallest absolute Gasteiger partial charge is 0.0236 e. The van der Waals surface area contributed by atoms with E-state index in [4.69, 9.17) is 5.73 Å². The molecular formula is C11H15AcN2-. The third-order valence-corrected chi connectivity index (χ3v) is 2.79. The summed E-state index contributed by atoms with van der Waals surface area (Å²) in [5.74, 6) is 0. The average molecular weight is 402 g/mol.